The average Bonchev–Trinajstić information content (AvgIpc) is 3.14. The Morgan fingerprint density at radius 1 is 1.28 bits per heavy atom. The number of ether oxygens (including phenoxy) is 1. The molecule has 3 rings (SSSR count). The van der Waals surface area contributed by atoms with E-state index < -0.39 is 0 Å². The maximum absolute atomic E-state index is 11.9. The summed E-state index contributed by atoms with van der Waals surface area (Å²) in [7, 11) is 0. The molecule has 0 aliphatic heterocycles. The van der Waals surface area contributed by atoms with Gasteiger partial charge in [0, 0.05) is 18.0 Å². The summed E-state index contributed by atoms with van der Waals surface area (Å²) < 4.78 is 5.36. The molecule has 0 fully saturated rings. The van der Waals surface area contributed by atoms with Crippen molar-refractivity contribution in [2.45, 2.75) is 6.54 Å². The predicted molar refractivity (Wildman–Crippen MR) is 88.1 cm³/mol. The minimum atomic E-state index is -0.327. The lowest BCUT2D eigenvalue weighted by atomic mass is 10.2. The maximum Gasteiger partial charge on any atom is 0.258 e. The minimum absolute atomic E-state index is 0.190. The minimum Gasteiger partial charge on any atom is -0.482 e. The van der Waals surface area contributed by atoms with E-state index in [1.54, 1.807) is 42.7 Å². The third kappa shape index (κ3) is 4.17. The predicted octanol–water partition coefficient (Wildman–Crippen LogP) is 1.43. The molecule has 2 aromatic heterocycles. The highest BCUT2D eigenvalue weighted by atomic mass is 16.5. The molecule has 25 heavy (non-hydrogen) atoms. The van der Waals surface area contributed by atoms with Crippen molar-refractivity contribution in [2.24, 2.45) is 0 Å². The van der Waals surface area contributed by atoms with Crippen LogP contribution in [0.25, 0.3) is 11.4 Å². The molecule has 0 saturated heterocycles. The number of nitriles is 1. The number of hydrogen-bond acceptors (Lipinski definition) is 6. The quantitative estimate of drug-likeness (QED) is 0.704. The summed E-state index contributed by atoms with van der Waals surface area (Å²) >= 11 is 0. The number of amides is 1. The first-order chi connectivity index (χ1) is 12.3. The second-order valence-electron chi connectivity index (χ2n) is 5.02. The summed E-state index contributed by atoms with van der Waals surface area (Å²) in [4.78, 5) is 20.2. The maximum atomic E-state index is 11.9. The molecule has 0 aliphatic carbocycles. The van der Waals surface area contributed by atoms with Gasteiger partial charge in [-0.2, -0.15) is 10.4 Å². The number of aromatic amines is 1. The van der Waals surface area contributed by atoms with Gasteiger partial charge in [-0.3, -0.25) is 14.9 Å². The number of hydrogen-bond donors (Lipinski definition) is 2. The average molecular weight is 334 g/mol. The molecule has 0 bridgehead atoms. The highest BCUT2D eigenvalue weighted by Gasteiger charge is 2.09. The van der Waals surface area contributed by atoms with Crippen molar-refractivity contribution in [3.05, 3.63) is 60.2 Å². The Balaban J connectivity index is 1.51. The fourth-order valence-corrected chi connectivity index (χ4v) is 2.06. The standard InChI is InChI=1S/C17H14N6O2/c18-8-12-4-1-2-6-14(12)25-11-16(24)20-10-15-21-17(23-22-15)13-5-3-7-19-9-13/h1-7,9H,10-11H2,(H,20,24)(H,21,22,23). The number of benzene rings is 1. The van der Waals surface area contributed by atoms with Gasteiger partial charge in [0.05, 0.1) is 12.1 Å². The van der Waals surface area contributed by atoms with Crippen molar-refractivity contribution in [3.63, 3.8) is 0 Å². The van der Waals surface area contributed by atoms with Crippen LogP contribution in [0.3, 0.4) is 0 Å². The van der Waals surface area contributed by atoms with Crippen LogP contribution in [-0.2, 0) is 11.3 Å². The van der Waals surface area contributed by atoms with Crippen molar-refractivity contribution >= 4 is 5.91 Å². The number of pyridine rings is 1. The van der Waals surface area contributed by atoms with Gasteiger partial charge in [0.2, 0.25) is 0 Å². The first kappa shape index (κ1) is 16.1. The first-order valence-electron chi connectivity index (χ1n) is 7.46. The largest absolute Gasteiger partial charge is 0.482 e. The SMILES string of the molecule is N#Cc1ccccc1OCC(=O)NCc1nc(-c2cccnc2)n[nH]1. The van der Waals surface area contributed by atoms with Gasteiger partial charge in [-0.1, -0.05) is 12.1 Å². The highest BCUT2D eigenvalue weighted by molar-refractivity contribution is 5.77. The summed E-state index contributed by atoms with van der Waals surface area (Å²) in [6, 6.07) is 12.4. The molecule has 0 radical (unpaired) electrons. The summed E-state index contributed by atoms with van der Waals surface area (Å²) in [5.41, 5.74) is 1.17. The summed E-state index contributed by atoms with van der Waals surface area (Å²) in [5.74, 6) is 1.08. The molecule has 8 nitrogen and oxygen atoms in total. The van der Waals surface area contributed by atoms with Crippen molar-refractivity contribution in [3.8, 4) is 23.2 Å². The molecule has 0 unspecified atom stereocenters. The van der Waals surface area contributed by atoms with E-state index in [1.165, 1.54) is 0 Å². The van der Waals surface area contributed by atoms with Gasteiger partial charge in [-0.25, -0.2) is 4.98 Å². The lowest BCUT2D eigenvalue weighted by Gasteiger charge is -2.07. The molecular formula is C17H14N6O2. The number of H-pyrrole nitrogens is 1. The fourth-order valence-electron chi connectivity index (χ4n) is 2.06. The molecule has 2 N–H and O–H groups in total. The molecule has 0 spiro atoms. The van der Waals surface area contributed by atoms with Gasteiger partial charge < -0.3 is 10.1 Å². The van der Waals surface area contributed by atoms with Gasteiger partial charge in [-0.05, 0) is 24.3 Å². The monoisotopic (exact) mass is 334 g/mol. The molecule has 3 aromatic rings. The van der Waals surface area contributed by atoms with Gasteiger partial charge in [0.1, 0.15) is 17.6 Å². The van der Waals surface area contributed by atoms with Crippen molar-refractivity contribution in [2.75, 3.05) is 6.61 Å². The van der Waals surface area contributed by atoms with E-state index in [-0.39, 0.29) is 19.1 Å². The van der Waals surface area contributed by atoms with Crippen molar-refractivity contribution in [1.29, 1.82) is 5.26 Å². The van der Waals surface area contributed by atoms with Crippen LogP contribution in [0, 0.1) is 11.3 Å². The van der Waals surface area contributed by atoms with E-state index in [4.69, 9.17) is 10.00 Å². The Labute approximate surface area is 143 Å². The molecule has 8 heteroatoms. The zero-order chi connectivity index (χ0) is 17.5. The van der Waals surface area contributed by atoms with Crippen LogP contribution in [0.4, 0.5) is 0 Å². The number of carbonyl (C=O) groups is 1. The van der Waals surface area contributed by atoms with Gasteiger partial charge in [-0.15, -0.1) is 0 Å². The molecule has 0 saturated carbocycles. The number of rotatable bonds is 6. The molecule has 124 valence electrons. The molecule has 1 amide bonds. The summed E-state index contributed by atoms with van der Waals surface area (Å²) in [6.07, 6.45) is 3.33. The topological polar surface area (TPSA) is 117 Å². The fraction of sp³-hybridized carbons (Fsp3) is 0.118. The van der Waals surface area contributed by atoms with E-state index in [9.17, 15) is 4.79 Å². The third-order valence-electron chi connectivity index (χ3n) is 3.27. The highest BCUT2D eigenvalue weighted by Crippen LogP contribution is 2.16. The van der Waals surface area contributed by atoms with E-state index in [1.807, 2.05) is 12.1 Å². The van der Waals surface area contributed by atoms with Crippen LogP contribution in [0.15, 0.2) is 48.8 Å². The Kier molecular flexibility index (Phi) is 4.97. The van der Waals surface area contributed by atoms with Crippen LogP contribution in [-0.4, -0.2) is 32.7 Å². The first-order valence-corrected chi connectivity index (χ1v) is 7.46. The normalized spacial score (nSPS) is 10.0. The van der Waals surface area contributed by atoms with Gasteiger partial charge in [0.25, 0.3) is 5.91 Å². The van der Waals surface area contributed by atoms with Crippen LogP contribution >= 0.6 is 0 Å². The molecule has 1 aromatic carbocycles. The number of para-hydroxylation sites is 1. The number of nitrogens with zero attached hydrogens (tertiary/aromatic N) is 4. The van der Waals surface area contributed by atoms with Gasteiger partial charge >= 0.3 is 0 Å². The van der Waals surface area contributed by atoms with E-state index in [2.05, 4.69) is 25.5 Å². The zero-order valence-electron chi connectivity index (χ0n) is 13.1. The third-order valence-corrected chi connectivity index (χ3v) is 3.27. The second kappa shape index (κ2) is 7.70. The lowest BCUT2D eigenvalue weighted by Crippen LogP contribution is -2.28. The number of carbonyl (C=O) groups excluding carboxylic acids is 1. The molecule has 0 atom stereocenters. The van der Waals surface area contributed by atoms with Crippen LogP contribution < -0.4 is 10.1 Å². The van der Waals surface area contributed by atoms with E-state index in [0.29, 0.717) is 23.0 Å². The van der Waals surface area contributed by atoms with Gasteiger partial charge in [0.15, 0.2) is 12.4 Å². The van der Waals surface area contributed by atoms with E-state index >= 15 is 0 Å². The van der Waals surface area contributed by atoms with Crippen LogP contribution in [0.2, 0.25) is 0 Å². The second-order valence-corrected chi connectivity index (χ2v) is 5.02. The van der Waals surface area contributed by atoms with Crippen molar-refractivity contribution in [1.82, 2.24) is 25.5 Å². The summed E-state index contributed by atoms with van der Waals surface area (Å²) in [6.45, 7) is -0.00234. The van der Waals surface area contributed by atoms with Crippen LogP contribution in [0.1, 0.15) is 11.4 Å². The van der Waals surface area contributed by atoms with Crippen LogP contribution in [0.5, 0.6) is 5.75 Å². The van der Waals surface area contributed by atoms with Crippen molar-refractivity contribution < 1.29 is 9.53 Å². The van der Waals surface area contributed by atoms with E-state index in [0.717, 1.165) is 5.56 Å². The number of nitrogens with one attached hydrogen (secondary N) is 2. The molecule has 0 aliphatic rings. The Hall–Kier alpha value is -3.73. The Bertz CT molecular complexity index is 901. The summed E-state index contributed by atoms with van der Waals surface area (Å²) in [5, 5.41) is 18.5. The molecular weight excluding hydrogens is 320 g/mol. The Morgan fingerprint density at radius 3 is 2.96 bits per heavy atom. The zero-order valence-corrected chi connectivity index (χ0v) is 13.1. The molecule has 2 heterocycles. The Morgan fingerprint density at radius 2 is 2.16 bits per heavy atom. The smallest absolute Gasteiger partial charge is 0.258 e. The lowest BCUT2D eigenvalue weighted by molar-refractivity contribution is -0.123. The number of aromatic nitrogens is 4.